The predicted molar refractivity (Wildman–Crippen MR) is 85.7 cm³/mol. The summed E-state index contributed by atoms with van der Waals surface area (Å²) in [5.74, 6) is 0.758. The molecular weight excluding hydrogens is 282 g/mol. The highest BCUT2D eigenvalue weighted by Crippen LogP contribution is 2.24. The van der Waals surface area contributed by atoms with Gasteiger partial charge in [-0.1, -0.05) is 0 Å². The van der Waals surface area contributed by atoms with Gasteiger partial charge in [-0.3, -0.25) is 4.79 Å². The van der Waals surface area contributed by atoms with Gasteiger partial charge < -0.3 is 10.2 Å². The molecule has 1 fully saturated rings. The summed E-state index contributed by atoms with van der Waals surface area (Å²) in [6, 6.07) is 5.91. The minimum atomic E-state index is 0.0839. The van der Waals surface area contributed by atoms with Gasteiger partial charge in [-0.05, 0) is 54.3 Å². The summed E-state index contributed by atoms with van der Waals surface area (Å²) in [4.78, 5) is 18.9. The average Bonchev–Trinajstić information content (AvgIpc) is 3.20. The van der Waals surface area contributed by atoms with Gasteiger partial charge >= 0.3 is 0 Å². The lowest BCUT2D eigenvalue weighted by atomic mass is 10.1. The van der Waals surface area contributed by atoms with Crippen molar-refractivity contribution in [1.82, 2.24) is 9.88 Å². The second kappa shape index (κ2) is 6.26. The van der Waals surface area contributed by atoms with Crippen molar-refractivity contribution in [2.45, 2.75) is 25.8 Å². The zero-order chi connectivity index (χ0) is 14.7. The Hall–Kier alpha value is -1.88. The van der Waals surface area contributed by atoms with Crippen LogP contribution >= 0.6 is 11.3 Å². The van der Waals surface area contributed by atoms with Gasteiger partial charge in [-0.25, -0.2) is 4.98 Å². The minimum Gasteiger partial charge on any atom is -0.363 e. The summed E-state index contributed by atoms with van der Waals surface area (Å²) in [5, 5.41) is 7.54. The largest absolute Gasteiger partial charge is 0.363 e. The third-order valence-corrected chi connectivity index (χ3v) is 4.53. The number of thiophene rings is 1. The number of amides is 1. The molecule has 110 valence electrons. The van der Waals surface area contributed by atoms with E-state index in [1.807, 2.05) is 17.0 Å². The standard InChI is InChI=1S/C16H19N3OS/c1-12(13-6-10-21-11-13)18-15-14(5-4-7-17-15)16(20)19-8-2-3-9-19/h4-7,10-12H,2-3,8-9H2,1H3,(H,17,18). The van der Waals surface area contributed by atoms with Crippen molar-refractivity contribution in [3.8, 4) is 0 Å². The number of carbonyl (C=O) groups excluding carboxylic acids is 1. The summed E-state index contributed by atoms with van der Waals surface area (Å²) in [6.07, 6.45) is 3.92. The van der Waals surface area contributed by atoms with E-state index in [2.05, 4.69) is 34.1 Å². The second-order valence-electron chi connectivity index (χ2n) is 5.32. The molecular formula is C16H19N3OS. The maximum atomic E-state index is 12.6. The lowest BCUT2D eigenvalue weighted by molar-refractivity contribution is 0.0793. The Bertz CT molecular complexity index is 606. The molecule has 0 aliphatic carbocycles. The van der Waals surface area contributed by atoms with Crippen LogP contribution in [-0.4, -0.2) is 28.9 Å². The van der Waals surface area contributed by atoms with Crippen LogP contribution < -0.4 is 5.32 Å². The molecule has 0 spiro atoms. The van der Waals surface area contributed by atoms with Crippen LogP contribution in [0.4, 0.5) is 5.82 Å². The lowest BCUT2D eigenvalue weighted by Crippen LogP contribution is -2.28. The third-order valence-electron chi connectivity index (χ3n) is 3.83. The summed E-state index contributed by atoms with van der Waals surface area (Å²) >= 11 is 1.67. The molecule has 4 nitrogen and oxygen atoms in total. The minimum absolute atomic E-state index is 0.0839. The fourth-order valence-corrected chi connectivity index (χ4v) is 3.35. The molecule has 0 radical (unpaired) electrons. The Morgan fingerprint density at radius 3 is 2.90 bits per heavy atom. The predicted octanol–water partition coefficient (Wildman–Crippen LogP) is 3.55. The fraction of sp³-hybridized carbons (Fsp3) is 0.375. The molecule has 3 rings (SSSR count). The van der Waals surface area contributed by atoms with E-state index in [-0.39, 0.29) is 11.9 Å². The number of nitrogens with zero attached hydrogens (tertiary/aromatic N) is 2. The highest BCUT2D eigenvalue weighted by Gasteiger charge is 2.22. The van der Waals surface area contributed by atoms with Crippen LogP contribution in [0.3, 0.4) is 0 Å². The molecule has 3 heterocycles. The number of carbonyl (C=O) groups is 1. The van der Waals surface area contributed by atoms with Crippen LogP contribution in [-0.2, 0) is 0 Å². The molecule has 21 heavy (non-hydrogen) atoms. The van der Waals surface area contributed by atoms with Gasteiger partial charge in [-0.2, -0.15) is 11.3 Å². The van der Waals surface area contributed by atoms with Crippen LogP contribution in [0.25, 0.3) is 0 Å². The van der Waals surface area contributed by atoms with E-state index in [1.54, 1.807) is 17.5 Å². The molecule has 0 aromatic carbocycles. The first-order valence-electron chi connectivity index (χ1n) is 7.28. The van der Waals surface area contributed by atoms with Crippen molar-refractivity contribution in [2.75, 3.05) is 18.4 Å². The van der Waals surface area contributed by atoms with Gasteiger partial charge in [0.05, 0.1) is 11.6 Å². The quantitative estimate of drug-likeness (QED) is 0.939. The van der Waals surface area contributed by atoms with Crippen molar-refractivity contribution >= 4 is 23.1 Å². The lowest BCUT2D eigenvalue weighted by Gasteiger charge is -2.19. The zero-order valence-electron chi connectivity index (χ0n) is 12.1. The van der Waals surface area contributed by atoms with Crippen LogP contribution in [0.1, 0.15) is 41.7 Å². The average molecular weight is 301 g/mol. The van der Waals surface area contributed by atoms with Gasteiger partial charge in [0, 0.05) is 19.3 Å². The SMILES string of the molecule is CC(Nc1ncccc1C(=O)N1CCCC1)c1ccsc1. The maximum Gasteiger partial charge on any atom is 0.257 e. The number of hydrogen-bond acceptors (Lipinski definition) is 4. The number of hydrogen-bond donors (Lipinski definition) is 1. The van der Waals surface area contributed by atoms with E-state index in [9.17, 15) is 4.79 Å². The number of likely N-dealkylation sites (tertiary alicyclic amines) is 1. The Morgan fingerprint density at radius 1 is 1.38 bits per heavy atom. The molecule has 1 N–H and O–H groups in total. The first kappa shape index (κ1) is 14.1. The molecule has 1 saturated heterocycles. The number of anilines is 1. The molecule has 2 aromatic rings. The topological polar surface area (TPSA) is 45.2 Å². The van der Waals surface area contributed by atoms with Crippen LogP contribution in [0, 0.1) is 0 Å². The molecule has 5 heteroatoms. The van der Waals surface area contributed by atoms with E-state index in [0.717, 1.165) is 25.9 Å². The van der Waals surface area contributed by atoms with E-state index in [4.69, 9.17) is 0 Å². The van der Waals surface area contributed by atoms with Crippen molar-refractivity contribution in [3.63, 3.8) is 0 Å². The first-order chi connectivity index (χ1) is 10.3. The number of rotatable bonds is 4. The Balaban J connectivity index is 1.80. The van der Waals surface area contributed by atoms with Crippen molar-refractivity contribution < 1.29 is 4.79 Å². The van der Waals surface area contributed by atoms with Crippen molar-refractivity contribution in [3.05, 3.63) is 46.3 Å². The summed E-state index contributed by atoms with van der Waals surface area (Å²) < 4.78 is 0. The van der Waals surface area contributed by atoms with Gasteiger partial charge in [0.1, 0.15) is 5.82 Å². The first-order valence-corrected chi connectivity index (χ1v) is 8.23. The van der Waals surface area contributed by atoms with Crippen LogP contribution in [0.2, 0.25) is 0 Å². The molecule has 1 atom stereocenters. The fourth-order valence-electron chi connectivity index (χ4n) is 2.59. The Morgan fingerprint density at radius 2 is 2.19 bits per heavy atom. The van der Waals surface area contributed by atoms with Crippen LogP contribution in [0.15, 0.2) is 35.2 Å². The molecule has 1 aliphatic heterocycles. The molecule has 0 saturated carbocycles. The van der Waals surface area contributed by atoms with Crippen molar-refractivity contribution in [2.24, 2.45) is 0 Å². The van der Waals surface area contributed by atoms with Crippen molar-refractivity contribution in [1.29, 1.82) is 0 Å². The third kappa shape index (κ3) is 3.08. The summed E-state index contributed by atoms with van der Waals surface area (Å²) in [5.41, 5.74) is 1.88. The summed E-state index contributed by atoms with van der Waals surface area (Å²) in [6.45, 7) is 3.79. The number of pyridine rings is 1. The van der Waals surface area contributed by atoms with E-state index >= 15 is 0 Å². The van der Waals surface area contributed by atoms with Gasteiger partial charge in [0.25, 0.3) is 5.91 Å². The molecule has 0 bridgehead atoms. The molecule has 2 aromatic heterocycles. The second-order valence-corrected chi connectivity index (χ2v) is 6.10. The Kier molecular flexibility index (Phi) is 4.20. The van der Waals surface area contributed by atoms with E-state index in [1.165, 1.54) is 5.56 Å². The van der Waals surface area contributed by atoms with Crippen LogP contribution in [0.5, 0.6) is 0 Å². The normalized spacial score (nSPS) is 16.0. The monoisotopic (exact) mass is 301 g/mol. The maximum absolute atomic E-state index is 12.6. The Labute approximate surface area is 128 Å². The van der Waals surface area contributed by atoms with Gasteiger partial charge in [0.15, 0.2) is 0 Å². The van der Waals surface area contributed by atoms with E-state index < -0.39 is 0 Å². The van der Waals surface area contributed by atoms with E-state index in [0.29, 0.717) is 11.4 Å². The number of nitrogens with one attached hydrogen (secondary N) is 1. The molecule has 1 amide bonds. The highest BCUT2D eigenvalue weighted by molar-refractivity contribution is 7.08. The smallest absolute Gasteiger partial charge is 0.257 e. The highest BCUT2D eigenvalue weighted by atomic mass is 32.1. The number of aromatic nitrogens is 1. The summed E-state index contributed by atoms with van der Waals surface area (Å²) in [7, 11) is 0. The molecule has 1 unspecified atom stereocenters. The van der Waals surface area contributed by atoms with Gasteiger partial charge in [-0.15, -0.1) is 0 Å². The zero-order valence-corrected chi connectivity index (χ0v) is 12.9. The van der Waals surface area contributed by atoms with Gasteiger partial charge in [0.2, 0.25) is 0 Å². The molecule has 1 aliphatic rings.